The molecule has 0 radical (unpaired) electrons. The average Bonchev–Trinajstić information content (AvgIpc) is 2.40. The van der Waals surface area contributed by atoms with Crippen LogP contribution in [-0.2, 0) is 11.3 Å². The molecule has 1 aromatic rings. The van der Waals surface area contributed by atoms with Crippen molar-refractivity contribution in [1.29, 1.82) is 0 Å². The fraction of sp³-hybridized carbons (Fsp3) is 0.571. The maximum Gasteiger partial charge on any atom is 0.236 e. The van der Waals surface area contributed by atoms with Gasteiger partial charge in [0.05, 0.1) is 6.54 Å². The third kappa shape index (κ3) is 4.52. The molecule has 0 bridgehead atoms. The van der Waals surface area contributed by atoms with E-state index in [1.807, 2.05) is 49.9 Å². The molecule has 0 spiro atoms. The van der Waals surface area contributed by atoms with Crippen molar-refractivity contribution >= 4 is 11.7 Å². The van der Waals surface area contributed by atoms with Crippen LogP contribution < -0.4 is 5.32 Å². The van der Waals surface area contributed by atoms with E-state index in [1.165, 1.54) is 0 Å². The smallest absolute Gasteiger partial charge is 0.236 e. The Morgan fingerprint density at radius 1 is 1.37 bits per heavy atom. The van der Waals surface area contributed by atoms with E-state index >= 15 is 0 Å². The number of amides is 1. The SMILES string of the molecule is CCN(CC)C(=O)CN(C)Cc1cccnc1NC. The fourth-order valence-electron chi connectivity index (χ4n) is 2.05. The first kappa shape index (κ1) is 15.4. The van der Waals surface area contributed by atoms with Gasteiger partial charge in [-0.2, -0.15) is 0 Å². The molecule has 1 heterocycles. The zero-order chi connectivity index (χ0) is 14.3. The molecule has 1 amide bonds. The molecule has 106 valence electrons. The largest absolute Gasteiger partial charge is 0.373 e. The molecular weight excluding hydrogens is 240 g/mol. The maximum atomic E-state index is 12.0. The Balaban J connectivity index is 2.60. The van der Waals surface area contributed by atoms with E-state index in [0.29, 0.717) is 13.1 Å². The molecule has 0 aliphatic carbocycles. The van der Waals surface area contributed by atoms with Crippen LogP contribution in [0.25, 0.3) is 0 Å². The van der Waals surface area contributed by atoms with E-state index in [1.54, 1.807) is 6.20 Å². The van der Waals surface area contributed by atoms with Gasteiger partial charge in [0, 0.05) is 38.4 Å². The van der Waals surface area contributed by atoms with Crippen molar-refractivity contribution in [1.82, 2.24) is 14.8 Å². The van der Waals surface area contributed by atoms with Crippen LogP contribution in [0, 0.1) is 0 Å². The molecule has 1 aromatic heterocycles. The van der Waals surface area contributed by atoms with Crippen molar-refractivity contribution in [3.63, 3.8) is 0 Å². The average molecular weight is 264 g/mol. The van der Waals surface area contributed by atoms with E-state index in [4.69, 9.17) is 0 Å². The number of hydrogen-bond donors (Lipinski definition) is 1. The van der Waals surface area contributed by atoms with Gasteiger partial charge in [0.2, 0.25) is 5.91 Å². The first-order valence-corrected chi connectivity index (χ1v) is 6.70. The van der Waals surface area contributed by atoms with E-state index in [-0.39, 0.29) is 5.91 Å². The Morgan fingerprint density at radius 2 is 2.05 bits per heavy atom. The van der Waals surface area contributed by atoms with Gasteiger partial charge < -0.3 is 10.2 Å². The molecule has 0 aliphatic heterocycles. The molecule has 5 heteroatoms. The number of rotatable bonds is 7. The maximum absolute atomic E-state index is 12.0. The Morgan fingerprint density at radius 3 is 2.63 bits per heavy atom. The molecule has 0 aliphatic rings. The summed E-state index contributed by atoms with van der Waals surface area (Å²) >= 11 is 0. The van der Waals surface area contributed by atoms with Crippen LogP contribution in [-0.4, -0.2) is 54.4 Å². The predicted molar refractivity (Wildman–Crippen MR) is 78.0 cm³/mol. The molecule has 0 saturated heterocycles. The van der Waals surface area contributed by atoms with Crippen molar-refractivity contribution in [2.24, 2.45) is 0 Å². The number of pyridine rings is 1. The summed E-state index contributed by atoms with van der Waals surface area (Å²) in [5, 5.41) is 3.07. The Hall–Kier alpha value is -1.62. The summed E-state index contributed by atoms with van der Waals surface area (Å²) in [5.41, 5.74) is 1.10. The highest BCUT2D eigenvalue weighted by Gasteiger charge is 2.13. The lowest BCUT2D eigenvalue weighted by atomic mass is 10.2. The van der Waals surface area contributed by atoms with Gasteiger partial charge in [0.15, 0.2) is 0 Å². The number of nitrogens with one attached hydrogen (secondary N) is 1. The van der Waals surface area contributed by atoms with Crippen molar-refractivity contribution in [2.75, 3.05) is 39.0 Å². The van der Waals surface area contributed by atoms with E-state index < -0.39 is 0 Å². The van der Waals surface area contributed by atoms with Gasteiger partial charge >= 0.3 is 0 Å². The van der Waals surface area contributed by atoms with Crippen molar-refractivity contribution < 1.29 is 4.79 Å². The van der Waals surface area contributed by atoms with Crippen LogP contribution in [0.5, 0.6) is 0 Å². The fourth-order valence-corrected chi connectivity index (χ4v) is 2.05. The van der Waals surface area contributed by atoms with Gasteiger partial charge in [-0.3, -0.25) is 9.69 Å². The van der Waals surface area contributed by atoms with Crippen LogP contribution in [0.15, 0.2) is 18.3 Å². The molecule has 0 fully saturated rings. The Kier molecular flexibility index (Phi) is 6.29. The zero-order valence-corrected chi connectivity index (χ0v) is 12.3. The summed E-state index contributed by atoms with van der Waals surface area (Å²) in [5.74, 6) is 1.03. The van der Waals surface area contributed by atoms with E-state index in [0.717, 1.165) is 24.5 Å². The first-order chi connectivity index (χ1) is 9.12. The summed E-state index contributed by atoms with van der Waals surface area (Å²) in [6.45, 7) is 6.66. The number of anilines is 1. The number of carbonyl (C=O) groups is 1. The van der Waals surface area contributed by atoms with Crippen molar-refractivity contribution in [2.45, 2.75) is 20.4 Å². The minimum atomic E-state index is 0.169. The van der Waals surface area contributed by atoms with Gasteiger partial charge in [-0.15, -0.1) is 0 Å². The predicted octanol–water partition coefficient (Wildman–Crippen LogP) is 1.42. The molecule has 0 aromatic carbocycles. The lowest BCUT2D eigenvalue weighted by molar-refractivity contribution is -0.131. The van der Waals surface area contributed by atoms with Crippen molar-refractivity contribution in [3.05, 3.63) is 23.9 Å². The lowest BCUT2D eigenvalue weighted by Crippen LogP contribution is -2.38. The highest BCUT2D eigenvalue weighted by Crippen LogP contribution is 2.12. The van der Waals surface area contributed by atoms with Crippen LogP contribution in [0.2, 0.25) is 0 Å². The van der Waals surface area contributed by atoms with Crippen LogP contribution >= 0.6 is 0 Å². The van der Waals surface area contributed by atoms with Crippen LogP contribution in [0.3, 0.4) is 0 Å². The zero-order valence-electron chi connectivity index (χ0n) is 12.3. The van der Waals surface area contributed by atoms with E-state index in [9.17, 15) is 4.79 Å². The van der Waals surface area contributed by atoms with Crippen LogP contribution in [0.1, 0.15) is 19.4 Å². The standard InChI is InChI=1S/C14H24N4O/c1-5-18(6-2)13(19)11-17(4)10-12-8-7-9-16-14(12)15-3/h7-9H,5-6,10-11H2,1-4H3,(H,15,16). The number of carbonyl (C=O) groups excluding carboxylic acids is 1. The summed E-state index contributed by atoms with van der Waals surface area (Å²) in [6, 6.07) is 3.94. The molecule has 0 atom stereocenters. The number of hydrogen-bond acceptors (Lipinski definition) is 4. The van der Waals surface area contributed by atoms with E-state index in [2.05, 4.69) is 10.3 Å². The Labute approximate surface area is 115 Å². The Bertz CT molecular complexity index is 404. The molecule has 1 N–H and O–H groups in total. The normalized spacial score (nSPS) is 10.6. The minimum absolute atomic E-state index is 0.169. The molecule has 0 unspecified atom stereocenters. The monoisotopic (exact) mass is 264 g/mol. The number of aromatic nitrogens is 1. The van der Waals surface area contributed by atoms with Gasteiger partial charge in [-0.1, -0.05) is 6.07 Å². The van der Waals surface area contributed by atoms with Crippen molar-refractivity contribution in [3.8, 4) is 0 Å². The quantitative estimate of drug-likeness (QED) is 0.809. The highest BCUT2D eigenvalue weighted by molar-refractivity contribution is 5.78. The second-order valence-corrected chi connectivity index (χ2v) is 4.50. The molecular formula is C14H24N4O. The topological polar surface area (TPSA) is 48.5 Å². The summed E-state index contributed by atoms with van der Waals surface area (Å²) < 4.78 is 0. The second kappa shape index (κ2) is 7.74. The molecule has 0 saturated carbocycles. The lowest BCUT2D eigenvalue weighted by Gasteiger charge is -2.23. The summed E-state index contributed by atoms with van der Waals surface area (Å²) in [6.07, 6.45) is 1.76. The number of likely N-dealkylation sites (N-methyl/N-ethyl adjacent to an activating group) is 2. The van der Waals surface area contributed by atoms with Gasteiger partial charge in [-0.25, -0.2) is 4.98 Å². The number of nitrogens with zero attached hydrogens (tertiary/aromatic N) is 3. The van der Waals surface area contributed by atoms with Gasteiger partial charge in [0.25, 0.3) is 0 Å². The third-order valence-electron chi connectivity index (χ3n) is 3.09. The second-order valence-electron chi connectivity index (χ2n) is 4.50. The third-order valence-corrected chi connectivity index (χ3v) is 3.09. The van der Waals surface area contributed by atoms with Gasteiger partial charge in [0.1, 0.15) is 5.82 Å². The van der Waals surface area contributed by atoms with Gasteiger partial charge in [-0.05, 0) is 27.0 Å². The van der Waals surface area contributed by atoms with Crippen LogP contribution in [0.4, 0.5) is 5.82 Å². The molecule has 19 heavy (non-hydrogen) atoms. The minimum Gasteiger partial charge on any atom is -0.373 e. The molecule has 1 rings (SSSR count). The summed E-state index contributed by atoms with van der Waals surface area (Å²) in [7, 11) is 3.81. The molecule has 5 nitrogen and oxygen atoms in total. The first-order valence-electron chi connectivity index (χ1n) is 6.70. The highest BCUT2D eigenvalue weighted by atomic mass is 16.2. The summed E-state index contributed by atoms with van der Waals surface area (Å²) in [4.78, 5) is 20.1.